The number of thiocarbonyl (C=S) groups is 1. The largest absolute Gasteiger partial charge is 0.493 e. The van der Waals surface area contributed by atoms with Gasteiger partial charge >= 0.3 is 0 Å². The molecule has 0 atom stereocenters. The van der Waals surface area contributed by atoms with Crippen LogP contribution in [0.15, 0.2) is 42.0 Å². The van der Waals surface area contributed by atoms with Gasteiger partial charge < -0.3 is 14.8 Å². The summed E-state index contributed by atoms with van der Waals surface area (Å²) in [5, 5.41) is 7.54. The predicted molar refractivity (Wildman–Crippen MR) is 120 cm³/mol. The van der Waals surface area contributed by atoms with Gasteiger partial charge in [-0.2, -0.15) is 0 Å². The lowest BCUT2D eigenvalue weighted by Crippen LogP contribution is -2.51. The molecule has 1 aliphatic heterocycles. The van der Waals surface area contributed by atoms with Gasteiger partial charge in [-0.05, 0) is 54.5 Å². The van der Waals surface area contributed by atoms with Gasteiger partial charge in [-0.3, -0.25) is 25.0 Å². The van der Waals surface area contributed by atoms with Gasteiger partial charge in [0.05, 0.1) is 12.1 Å². The summed E-state index contributed by atoms with van der Waals surface area (Å²) in [5.41, 5.74) is 1.88. The smallest absolute Gasteiger partial charge is 0.263 e. The number of hydrogen-bond acceptors (Lipinski definition) is 6. The Morgan fingerprint density at radius 1 is 1.19 bits per heavy atom. The average molecular weight is 460 g/mol. The maximum Gasteiger partial charge on any atom is 0.263 e. The van der Waals surface area contributed by atoms with Crippen molar-refractivity contribution in [1.29, 1.82) is 0 Å². The van der Waals surface area contributed by atoms with Crippen LogP contribution in [0.3, 0.4) is 0 Å². The molecular formula is C21H18ClN3O5S. The zero-order valence-electron chi connectivity index (χ0n) is 16.6. The van der Waals surface area contributed by atoms with E-state index in [0.717, 1.165) is 5.56 Å². The molecule has 3 N–H and O–H groups in total. The predicted octanol–water partition coefficient (Wildman–Crippen LogP) is 2.59. The lowest BCUT2D eigenvalue weighted by atomic mass is 10.1. The van der Waals surface area contributed by atoms with E-state index in [2.05, 4.69) is 16.0 Å². The fourth-order valence-corrected chi connectivity index (χ4v) is 3.23. The molecule has 8 nitrogen and oxygen atoms in total. The number of anilines is 1. The minimum atomic E-state index is -0.628. The molecule has 0 saturated carbocycles. The van der Waals surface area contributed by atoms with E-state index in [9.17, 15) is 14.4 Å². The summed E-state index contributed by atoms with van der Waals surface area (Å²) in [5.74, 6) is -1.24. The maximum absolute atomic E-state index is 12.2. The number of methoxy groups -OCH3 is 1. The Balaban J connectivity index is 1.77. The van der Waals surface area contributed by atoms with Crippen LogP contribution in [0.4, 0.5) is 5.69 Å². The summed E-state index contributed by atoms with van der Waals surface area (Å²) in [6.07, 6.45) is 1.34. The number of carbonyl (C=O) groups is 3. The summed E-state index contributed by atoms with van der Waals surface area (Å²) in [6.45, 7) is 1.58. The van der Waals surface area contributed by atoms with Gasteiger partial charge in [-0.1, -0.05) is 29.8 Å². The molecule has 31 heavy (non-hydrogen) atoms. The van der Waals surface area contributed by atoms with Crippen LogP contribution in [-0.2, 0) is 14.4 Å². The number of aryl methyl sites for hydroxylation is 1. The van der Waals surface area contributed by atoms with Gasteiger partial charge in [0.25, 0.3) is 17.7 Å². The monoisotopic (exact) mass is 459 g/mol. The van der Waals surface area contributed by atoms with Crippen LogP contribution in [0.5, 0.6) is 11.5 Å². The second kappa shape index (κ2) is 9.59. The van der Waals surface area contributed by atoms with E-state index in [1.54, 1.807) is 6.07 Å². The van der Waals surface area contributed by atoms with E-state index in [4.69, 9.17) is 33.3 Å². The van der Waals surface area contributed by atoms with E-state index in [-0.39, 0.29) is 39.7 Å². The van der Waals surface area contributed by atoms with E-state index in [1.165, 1.54) is 25.3 Å². The topological polar surface area (TPSA) is 106 Å². The Morgan fingerprint density at radius 2 is 1.87 bits per heavy atom. The standard InChI is InChI=1S/C21H18ClN3O5S/c1-11-5-3-4-6-15(11)23-17(26)10-30-18-14(22)8-12(9-16(18)29-2)7-13-19(27)24-21(31)25-20(13)28/h3-9H,10H2,1-2H3,(H,23,26)(H2,24,25,27,28,31). The molecule has 0 unspecified atom stereocenters. The van der Waals surface area contributed by atoms with Crippen molar-refractivity contribution in [3.8, 4) is 11.5 Å². The first-order valence-electron chi connectivity index (χ1n) is 9.02. The van der Waals surface area contributed by atoms with Crippen molar-refractivity contribution in [2.24, 2.45) is 0 Å². The van der Waals surface area contributed by atoms with E-state index in [1.807, 2.05) is 25.1 Å². The lowest BCUT2D eigenvalue weighted by molar-refractivity contribution is -0.123. The second-order valence-electron chi connectivity index (χ2n) is 6.48. The molecule has 1 heterocycles. The summed E-state index contributed by atoms with van der Waals surface area (Å²) in [6, 6.07) is 10.4. The van der Waals surface area contributed by atoms with Gasteiger partial charge in [0, 0.05) is 5.69 Å². The molecule has 3 amide bonds. The molecule has 2 aromatic carbocycles. The first-order chi connectivity index (χ1) is 14.8. The summed E-state index contributed by atoms with van der Waals surface area (Å²) >= 11 is 11.1. The van der Waals surface area contributed by atoms with Crippen LogP contribution in [0.1, 0.15) is 11.1 Å². The number of halogens is 1. The third-order valence-corrected chi connectivity index (χ3v) is 4.76. The van der Waals surface area contributed by atoms with Crippen molar-refractivity contribution < 1.29 is 23.9 Å². The van der Waals surface area contributed by atoms with E-state index >= 15 is 0 Å². The zero-order chi connectivity index (χ0) is 22.5. The summed E-state index contributed by atoms with van der Waals surface area (Å²) < 4.78 is 10.9. The van der Waals surface area contributed by atoms with Gasteiger partial charge in [-0.15, -0.1) is 0 Å². The quantitative estimate of drug-likeness (QED) is 0.348. The number of carbonyl (C=O) groups excluding carboxylic acids is 3. The average Bonchev–Trinajstić information content (AvgIpc) is 2.71. The highest BCUT2D eigenvalue weighted by molar-refractivity contribution is 7.80. The Labute approximate surface area is 188 Å². The van der Waals surface area contributed by atoms with E-state index < -0.39 is 11.8 Å². The molecule has 10 heteroatoms. The van der Waals surface area contributed by atoms with Crippen molar-refractivity contribution in [2.75, 3.05) is 19.0 Å². The van der Waals surface area contributed by atoms with Gasteiger partial charge in [-0.25, -0.2) is 0 Å². The highest BCUT2D eigenvalue weighted by Crippen LogP contribution is 2.37. The highest BCUT2D eigenvalue weighted by atomic mass is 35.5. The van der Waals surface area contributed by atoms with Crippen LogP contribution < -0.4 is 25.4 Å². The normalized spacial score (nSPS) is 13.3. The molecule has 0 aliphatic carbocycles. The fourth-order valence-electron chi connectivity index (χ4n) is 2.77. The number of benzene rings is 2. The zero-order valence-corrected chi connectivity index (χ0v) is 18.1. The van der Waals surface area contributed by atoms with Crippen LogP contribution in [0.25, 0.3) is 6.08 Å². The molecule has 0 bridgehead atoms. The number of nitrogens with one attached hydrogen (secondary N) is 3. The Kier molecular flexibility index (Phi) is 6.88. The van der Waals surface area contributed by atoms with Crippen LogP contribution in [0.2, 0.25) is 5.02 Å². The van der Waals surface area contributed by atoms with Gasteiger partial charge in [0.15, 0.2) is 23.2 Å². The Bertz CT molecular complexity index is 1090. The number of para-hydroxylation sites is 1. The molecule has 1 aliphatic rings. The minimum Gasteiger partial charge on any atom is -0.493 e. The molecular weight excluding hydrogens is 442 g/mol. The van der Waals surface area contributed by atoms with Crippen molar-refractivity contribution >= 4 is 58.4 Å². The van der Waals surface area contributed by atoms with Gasteiger partial charge in [0.1, 0.15) is 5.57 Å². The molecule has 1 saturated heterocycles. The summed E-state index contributed by atoms with van der Waals surface area (Å²) in [4.78, 5) is 36.3. The molecule has 3 rings (SSSR count). The van der Waals surface area contributed by atoms with Crippen LogP contribution >= 0.6 is 23.8 Å². The highest BCUT2D eigenvalue weighted by Gasteiger charge is 2.26. The number of hydrogen-bond donors (Lipinski definition) is 3. The van der Waals surface area contributed by atoms with Gasteiger partial charge in [0.2, 0.25) is 0 Å². The second-order valence-corrected chi connectivity index (χ2v) is 7.30. The number of rotatable bonds is 6. The lowest BCUT2D eigenvalue weighted by Gasteiger charge is -2.17. The third-order valence-electron chi connectivity index (χ3n) is 4.27. The summed E-state index contributed by atoms with van der Waals surface area (Å²) in [7, 11) is 1.40. The van der Waals surface area contributed by atoms with Crippen LogP contribution in [-0.4, -0.2) is 36.6 Å². The molecule has 2 aromatic rings. The first-order valence-corrected chi connectivity index (χ1v) is 9.81. The first kappa shape index (κ1) is 22.3. The molecule has 0 radical (unpaired) electrons. The third kappa shape index (κ3) is 5.39. The van der Waals surface area contributed by atoms with Crippen LogP contribution in [0, 0.1) is 6.92 Å². The fraction of sp³-hybridized carbons (Fsp3) is 0.143. The van der Waals surface area contributed by atoms with Crippen molar-refractivity contribution in [3.63, 3.8) is 0 Å². The molecule has 0 spiro atoms. The maximum atomic E-state index is 12.2. The number of ether oxygens (including phenoxy) is 2. The van der Waals surface area contributed by atoms with E-state index in [0.29, 0.717) is 11.3 Å². The Hall–Kier alpha value is -3.43. The minimum absolute atomic E-state index is 0.0597. The van der Waals surface area contributed by atoms with Crippen molar-refractivity contribution in [3.05, 3.63) is 58.1 Å². The van der Waals surface area contributed by atoms with Crippen molar-refractivity contribution in [2.45, 2.75) is 6.92 Å². The molecule has 1 fully saturated rings. The SMILES string of the molecule is COc1cc(C=C2C(=O)NC(=S)NC2=O)cc(Cl)c1OCC(=O)Nc1ccccc1C. The molecule has 160 valence electrons. The number of amides is 3. The Morgan fingerprint density at radius 3 is 2.52 bits per heavy atom. The van der Waals surface area contributed by atoms with Crippen molar-refractivity contribution in [1.82, 2.24) is 10.6 Å². The molecule has 0 aromatic heterocycles.